The number of nitrogens with zero attached hydrogens (tertiary/aromatic N) is 3. The number of aliphatic carboxylic acids is 1. The van der Waals surface area contributed by atoms with Gasteiger partial charge in [-0.1, -0.05) is 12.1 Å². The summed E-state index contributed by atoms with van der Waals surface area (Å²) in [7, 11) is 1.59. The van der Waals surface area contributed by atoms with Gasteiger partial charge in [0.05, 0.1) is 18.2 Å². The van der Waals surface area contributed by atoms with Gasteiger partial charge in [0, 0.05) is 31.8 Å². The average Bonchev–Trinajstić information content (AvgIpc) is 2.62. The van der Waals surface area contributed by atoms with Gasteiger partial charge in [0.15, 0.2) is 5.82 Å². The summed E-state index contributed by atoms with van der Waals surface area (Å²) in [6.45, 7) is 1.55. The van der Waals surface area contributed by atoms with Crippen LogP contribution in [0.25, 0.3) is 11.4 Å². The van der Waals surface area contributed by atoms with Crippen molar-refractivity contribution in [1.82, 2.24) is 9.97 Å². The van der Waals surface area contributed by atoms with Crippen molar-refractivity contribution in [3.63, 3.8) is 0 Å². The first-order chi connectivity index (χ1) is 12.1. The number of methoxy groups -OCH3 is 1. The largest absolute Gasteiger partial charge is 0.481 e. The predicted molar refractivity (Wildman–Crippen MR) is 90.7 cm³/mol. The highest BCUT2D eigenvalue weighted by Gasteiger charge is 2.25. The summed E-state index contributed by atoms with van der Waals surface area (Å²) in [5.74, 6) is -0.251. The maximum absolute atomic E-state index is 13.5. The molecule has 1 aromatic heterocycles. The molecule has 0 atom stereocenters. The number of carboxylic acids is 1. The van der Waals surface area contributed by atoms with Gasteiger partial charge in [-0.05, 0) is 25.0 Å². The van der Waals surface area contributed by atoms with Crippen LogP contribution in [0.4, 0.5) is 10.2 Å². The van der Waals surface area contributed by atoms with Crippen LogP contribution >= 0.6 is 0 Å². The summed E-state index contributed by atoms with van der Waals surface area (Å²) in [6, 6.07) is 7.99. The molecular weight excluding hydrogens is 325 g/mol. The second-order valence-electron chi connectivity index (χ2n) is 6.08. The smallest absolute Gasteiger partial charge is 0.306 e. The number of anilines is 1. The molecule has 132 valence electrons. The maximum atomic E-state index is 13.5. The van der Waals surface area contributed by atoms with Gasteiger partial charge < -0.3 is 14.7 Å². The van der Waals surface area contributed by atoms with Gasteiger partial charge in [0.25, 0.3) is 0 Å². The Morgan fingerprint density at radius 3 is 2.72 bits per heavy atom. The average molecular weight is 345 g/mol. The first kappa shape index (κ1) is 17.3. The fourth-order valence-electron chi connectivity index (χ4n) is 2.98. The van der Waals surface area contributed by atoms with Gasteiger partial charge in [-0.3, -0.25) is 4.79 Å². The van der Waals surface area contributed by atoms with E-state index in [1.807, 2.05) is 11.0 Å². The molecule has 1 N–H and O–H groups in total. The number of rotatable bonds is 5. The SMILES string of the molecule is COCc1cc(N2CCC(C(=O)O)CC2)nc(-c2cccc(F)c2)n1. The molecule has 0 aliphatic carbocycles. The van der Waals surface area contributed by atoms with Crippen LogP contribution in [-0.4, -0.2) is 41.2 Å². The van der Waals surface area contributed by atoms with E-state index in [4.69, 9.17) is 9.84 Å². The third kappa shape index (κ3) is 4.11. The highest BCUT2D eigenvalue weighted by molar-refractivity contribution is 5.70. The Morgan fingerprint density at radius 1 is 1.32 bits per heavy atom. The molecule has 6 nitrogen and oxygen atoms in total. The van der Waals surface area contributed by atoms with E-state index < -0.39 is 5.97 Å². The standard InChI is InChI=1S/C18H20FN3O3/c1-25-11-15-10-16(22-7-5-12(6-8-22)18(23)24)21-17(20-15)13-3-2-4-14(19)9-13/h2-4,9-10,12H,5-8,11H2,1H3,(H,23,24). The summed E-state index contributed by atoms with van der Waals surface area (Å²) in [4.78, 5) is 22.2. The molecule has 0 unspecified atom stereocenters. The number of halogens is 1. The second kappa shape index (κ2) is 7.57. The van der Waals surface area contributed by atoms with Crippen LogP contribution in [0.2, 0.25) is 0 Å². The maximum Gasteiger partial charge on any atom is 0.306 e. The lowest BCUT2D eigenvalue weighted by Crippen LogP contribution is -2.37. The number of carboxylic acid groups (broad SMARTS) is 1. The van der Waals surface area contributed by atoms with E-state index in [-0.39, 0.29) is 11.7 Å². The molecule has 2 aromatic rings. The lowest BCUT2D eigenvalue weighted by Gasteiger charge is -2.31. The first-order valence-corrected chi connectivity index (χ1v) is 8.17. The minimum atomic E-state index is -0.747. The van der Waals surface area contributed by atoms with Crippen molar-refractivity contribution in [3.05, 3.63) is 41.8 Å². The van der Waals surface area contributed by atoms with E-state index in [0.717, 1.165) is 0 Å². The van der Waals surface area contributed by atoms with Gasteiger partial charge in [-0.2, -0.15) is 0 Å². The molecule has 0 amide bonds. The molecule has 25 heavy (non-hydrogen) atoms. The first-order valence-electron chi connectivity index (χ1n) is 8.17. The number of carbonyl (C=O) groups is 1. The topological polar surface area (TPSA) is 75.5 Å². The molecule has 1 saturated heterocycles. The zero-order valence-corrected chi connectivity index (χ0v) is 14.0. The molecule has 1 aliphatic rings. The number of hydrogen-bond acceptors (Lipinski definition) is 5. The molecule has 0 spiro atoms. The molecule has 0 saturated carbocycles. The van der Waals surface area contributed by atoms with Crippen LogP contribution in [0.1, 0.15) is 18.5 Å². The molecule has 1 fully saturated rings. The van der Waals surface area contributed by atoms with Crippen LogP contribution in [0, 0.1) is 11.7 Å². The zero-order valence-electron chi connectivity index (χ0n) is 14.0. The van der Waals surface area contributed by atoms with E-state index in [1.54, 1.807) is 19.2 Å². The summed E-state index contributed by atoms with van der Waals surface area (Å²) in [5.41, 5.74) is 1.30. The Morgan fingerprint density at radius 2 is 2.08 bits per heavy atom. The summed E-state index contributed by atoms with van der Waals surface area (Å²) < 4.78 is 18.7. The Balaban J connectivity index is 1.90. The van der Waals surface area contributed by atoms with Crippen molar-refractivity contribution in [2.45, 2.75) is 19.4 Å². The normalized spacial score (nSPS) is 15.4. The van der Waals surface area contributed by atoms with Gasteiger partial charge in [0.1, 0.15) is 11.6 Å². The monoisotopic (exact) mass is 345 g/mol. The van der Waals surface area contributed by atoms with Crippen molar-refractivity contribution >= 4 is 11.8 Å². The van der Waals surface area contributed by atoms with Crippen LogP contribution < -0.4 is 4.90 Å². The molecule has 7 heteroatoms. The van der Waals surface area contributed by atoms with Gasteiger partial charge in [-0.25, -0.2) is 14.4 Å². The molecule has 1 aliphatic heterocycles. The second-order valence-corrected chi connectivity index (χ2v) is 6.08. The summed E-state index contributed by atoms with van der Waals surface area (Å²) in [6.07, 6.45) is 1.16. The third-order valence-corrected chi connectivity index (χ3v) is 4.31. The van der Waals surface area contributed by atoms with Gasteiger partial charge in [0.2, 0.25) is 0 Å². The summed E-state index contributed by atoms with van der Waals surface area (Å²) in [5, 5.41) is 9.13. The molecule has 2 heterocycles. The third-order valence-electron chi connectivity index (χ3n) is 4.31. The van der Waals surface area contributed by atoms with Crippen molar-refractivity contribution < 1.29 is 19.0 Å². The molecule has 1 aromatic carbocycles. The molecular formula is C18H20FN3O3. The fraction of sp³-hybridized carbons (Fsp3) is 0.389. The van der Waals surface area contributed by atoms with Crippen molar-refractivity contribution in [3.8, 4) is 11.4 Å². The highest BCUT2D eigenvalue weighted by atomic mass is 19.1. The predicted octanol–water partition coefficient (Wildman–Crippen LogP) is 2.73. The summed E-state index contributed by atoms with van der Waals surface area (Å²) >= 11 is 0. The van der Waals surface area contributed by atoms with Crippen molar-refractivity contribution in [2.24, 2.45) is 5.92 Å². The Labute approximate surface area is 145 Å². The van der Waals surface area contributed by atoms with E-state index in [1.165, 1.54) is 12.1 Å². The zero-order chi connectivity index (χ0) is 17.8. The van der Waals surface area contributed by atoms with E-state index in [0.29, 0.717) is 55.4 Å². The van der Waals surface area contributed by atoms with Crippen molar-refractivity contribution in [1.29, 1.82) is 0 Å². The molecule has 3 rings (SSSR count). The van der Waals surface area contributed by atoms with Crippen LogP contribution in [0.15, 0.2) is 30.3 Å². The molecule has 0 bridgehead atoms. The number of aromatic nitrogens is 2. The highest BCUT2D eigenvalue weighted by Crippen LogP contribution is 2.25. The number of hydrogen-bond donors (Lipinski definition) is 1. The van der Waals surface area contributed by atoms with E-state index in [9.17, 15) is 9.18 Å². The lowest BCUT2D eigenvalue weighted by atomic mass is 9.97. The van der Waals surface area contributed by atoms with Crippen LogP contribution in [0.5, 0.6) is 0 Å². The van der Waals surface area contributed by atoms with Crippen molar-refractivity contribution in [2.75, 3.05) is 25.1 Å². The minimum absolute atomic E-state index is 0.306. The van der Waals surface area contributed by atoms with Crippen LogP contribution in [-0.2, 0) is 16.1 Å². The van der Waals surface area contributed by atoms with Gasteiger partial charge in [-0.15, -0.1) is 0 Å². The molecule has 0 radical (unpaired) electrons. The van der Waals surface area contributed by atoms with E-state index in [2.05, 4.69) is 9.97 Å². The Kier molecular flexibility index (Phi) is 5.23. The Hall–Kier alpha value is -2.54. The quantitative estimate of drug-likeness (QED) is 0.898. The Bertz CT molecular complexity index is 761. The fourth-order valence-corrected chi connectivity index (χ4v) is 2.98. The lowest BCUT2D eigenvalue weighted by molar-refractivity contribution is -0.142. The number of benzene rings is 1. The van der Waals surface area contributed by atoms with Gasteiger partial charge >= 0.3 is 5.97 Å². The number of ether oxygens (including phenoxy) is 1. The number of piperidine rings is 1. The minimum Gasteiger partial charge on any atom is -0.481 e. The van der Waals surface area contributed by atoms with Crippen LogP contribution in [0.3, 0.4) is 0 Å². The van der Waals surface area contributed by atoms with E-state index >= 15 is 0 Å².